The summed E-state index contributed by atoms with van der Waals surface area (Å²) in [5.41, 5.74) is 3.20. The van der Waals surface area contributed by atoms with Crippen molar-refractivity contribution in [1.82, 2.24) is 4.98 Å². The molecule has 5 nitrogen and oxygen atoms in total. The molecule has 1 amide bonds. The number of halogens is 3. The van der Waals surface area contributed by atoms with Gasteiger partial charge in [0.15, 0.2) is 5.58 Å². The Kier molecular flexibility index (Phi) is 6.31. The molecule has 0 bridgehead atoms. The fourth-order valence-corrected chi connectivity index (χ4v) is 4.04. The third-order valence-electron chi connectivity index (χ3n) is 4.30. The SMILES string of the molecule is CCOc1ccc(C(=O)Nc2ccc3oc(-c4cc(I)ccc4Br)nc3c2)cc1Cl. The second-order valence-electron chi connectivity index (χ2n) is 6.36. The molecule has 0 aliphatic heterocycles. The summed E-state index contributed by atoms with van der Waals surface area (Å²) in [5.74, 6) is 0.787. The summed E-state index contributed by atoms with van der Waals surface area (Å²) in [4.78, 5) is 17.2. The van der Waals surface area contributed by atoms with Gasteiger partial charge in [0.05, 0.1) is 17.2 Å². The number of rotatable bonds is 5. The van der Waals surface area contributed by atoms with E-state index >= 15 is 0 Å². The highest BCUT2D eigenvalue weighted by Crippen LogP contribution is 2.32. The highest BCUT2D eigenvalue weighted by molar-refractivity contribution is 14.1. The Hall–Kier alpha value is -2.10. The molecule has 152 valence electrons. The molecule has 0 aliphatic carbocycles. The third-order valence-corrected chi connectivity index (χ3v) is 5.96. The zero-order valence-electron chi connectivity index (χ0n) is 15.7. The Morgan fingerprint density at radius 1 is 1.20 bits per heavy atom. The minimum Gasteiger partial charge on any atom is -0.492 e. The predicted octanol–water partition coefficient (Wildman–Crippen LogP) is 7.17. The maximum absolute atomic E-state index is 12.6. The first-order chi connectivity index (χ1) is 14.4. The van der Waals surface area contributed by atoms with Crippen LogP contribution in [0.15, 0.2) is 63.5 Å². The van der Waals surface area contributed by atoms with Crippen LogP contribution < -0.4 is 10.1 Å². The Bertz CT molecular complexity index is 1260. The standard InChI is InChI=1S/C22H15BrClIN2O3/c1-2-29-19-7-3-12(9-17(19)24)21(28)26-14-5-8-20-18(11-14)27-22(30-20)15-10-13(25)4-6-16(15)23/h3-11H,2H2,1H3,(H,26,28). The quantitative estimate of drug-likeness (QED) is 0.248. The summed E-state index contributed by atoms with van der Waals surface area (Å²) in [6.07, 6.45) is 0. The molecule has 1 N–H and O–H groups in total. The lowest BCUT2D eigenvalue weighted by atomic mass is 10.2. The van der Waals surface area contributed by atoms with Gasteiger partial charge in [-0.1, -0.05) is 11.6 Å². The zero-order chi connectivity index (χ0) is 21.3. The second kappa shape index (κ2) is 8.95. The maximum atomic E-state index is 12.6. The lowest BCUT2D eigenvalue weighted by Crippen LogP contribution is -2.11. The average molecular weight is 598 g/mol. The maximum Gasteiger partial charge on any atom is 0.255 e. The van der Waals surface area contributed by atoms with Gasteiger partial charge >= 0.3 is 0 Å². The smallest absolute Gasteiger partial charge is 0.255 e. The minimum absolute atomic E-state index is 0.275. The van der Waals surface area contributed by atoms with Crippen molar-refractivity contribution < 1.29 is 13.9 Å². The largest absolute Gasteiger partial charge is 0.492 e. The lowest BCUT2D eigenvalue weighted by Gasteiger charge is -2.08. The fourth-order valence-electron chi connectivity index (χ4n) is 2.90. The Morgan fingerprint density at radius 2 is 2.03 bits per heavy atom. The van der Waals surface area contributed by atoms with E-state index in [-0.39, 0.29) is 5.91 Å². The number of fused-ring (bicyclic) bond motifs is 1. The van der Waals surface area contributed by atoms with Crippen LogP contribution in [0.5, 0.6) is 5.75 Å². The van der Waals surface area contributed by atoms with Crippen molar-refractivity contribution in [2.24, 2.45) is 0 Å². The topological polar surface area (TPSA) is 64.4 Å². The summed E-state index contributed by atoms with van der Waals surface area (Å²) >= 11 is 12.0. The summed E-state index contributed by atoms with van der Waals surface area (Å²) in [7, 11) is 0. The number of hydrogen-bond donors (Lipinski definition) is 1. The number of oxazole rings is 1. The number of anilines is 1. The third kappa shape index (κ3) is 4.48. The number of ether oxygens (including phenoxy) is 1. The first-order valence-corrected chi connectivity index (χ1v) is 11.3. The number of carbonyl (C=O) groups excluding carboxylic acids is 1. The van der Waals surface area contributed by atoms with Crippen LogP contribution in [0.3, 0.4) is 0 Å². The van der Waals surface area contributed by atoms with Gasteiger partial charge in [0, 0.05) is 19.3 Å². The van der Waals surface area contributed by atoms with Crippen LogP contribution in [0.25, 0.3) is 22.6 Å². The molecule has 0 saturated heterocycles. The van der Waals surface area contributed by atoms with Crippen molar-refractivity contribution >= 4 is 72.8 Å². The molecule has 30 heavy (non-hydrogen) atoms. The molecular formula is C22H15BrClIN2O3. The van der Waals surface area contributed by atoms with Crippen molar-refractivity contribution in [3.05, 3.63) is 73.2 Å². The molecular weight excluding hydrogens is 583 g/mol. The van der Waals surface area contributed by atoms with Crippen LogP contribution in [0.2, 0.25) is 5.02 Å². The van der Waals surface area contributed by atoms with Crippen LogP contribution >= 0.6 is 50.1 Å². The Balaban J connectivity index is 1.59. The number of hydrogen-bond acceptors (Lipinski definition) is 4. The molecule has 8 heteroatoms. The molecule has 0 atom stereocenters. The Morgan fingerprint density at radius 3 is 2.80 bits per heavy atom. The first-order valence-electron chi connectivity index (χ1n) is 9.04. The van der Waals surface area contributed by atoms with Gasteiger partial charge in [-0.05, 0) is 100 Å². The second-order valence-corrected chi connectivity index (χ2v) is 8.87. The van der Waals surface area contributed by atoms with Crippen LogP contribution in [0.1, 0.15) is 17.3 Å². The van der Waals surface area contributed by atoms with Crippen molar-refractivity contribution in [1.29, 1.82) is 0 Å². The Labute approximate surface area is 200 Å². The van der Waals surface area contributed by atoms with E-state index in [0.29, 0.717) is 45.6 Å². The summed E-state index contributed by atoms with van der Waals surface area (Å²) in [6.45, 7) is 2.38. The number of aromatic nitrogens is 1. The predicted molar refractivity (Wildman–Crippen MR) is 130 cm³/mol. The van der Waals surface area contributed by atoms with Gasteiger partial charge in [-0.3, -0.25) is 4.79 Å². The van der Waals surface area contributed by atoms with E-state index in [1.54, 1.807) is 36.4 Å². The van der Waals surface area contributed by atoms with Gasteiger partial charge in [-0.15, -0.1) is 0 Å². The van der Waals surface area contributed by atoms with E-state index in [0.717, 1.165) is 13.6 Å². The fraction of sp³-hybridized carbons (Fsp3) is 0.0909. The molecule has 3 aromatic carbocycles. The van der Waals surface area contributed by atoms with Crippen LogP contribution in [0, 0.1) is 3.57 Å². The van der Waals surface area contributed by atoms with E-state index in [9.17, 15) is 4.79 Å². The van der Waals surface area contributed by atoms with E-state index in [4.69, 9.17) is 20.8 Å². The number of amides is 1. The summed E-state index contributed by atoms with van der Waals surface area (Å²) in [6, 6.07) is 16.2. The van der Waals surface area contributed by atoms with Crippen molar-refractivity contribution in [2.45, 2.75) is 6.92 Å². The molecule has 4 rings (SSSR count). The molecule has 4 aromatic rings. The lowest BCUT2D eigenvalue weighted by molar-refractivity contribution is 0.102. The average Bonchev–Trinajstić information content (AvgIpc) is 3.14. The van der Waals surface area contributed by atoms with Crippen LogP contribution in [0.4, 0.5) is 5.69 Å². The van der Waals surface area contributed by atoms with Crippen molar-refractivity contribution in [3.8, 4) is 17.2 Å². The molecule has 0 spiro atoms. The van der Waals surface area contributed by atoms with Gasteiger partial charge in [-0.2, -0.15) is 0 Å². The van der Waals surface area contributed by atoms with E-state index in [2.05, 4.69) is 48.8 Å². The van der Waals surface area contributed by atoms with E-state index in [1.807, 2.05) is 25.1 Å². The van der Waals surface area contributed by atoms with Crippen molar-refractivity contribution in [2.75, 3.05) is 11.9 Å². The van der Waals surface area contributed by atoms with Crippen LogP contribution in [-0.4, -0.2) is 17.5 Å². The van der Waals surface area contributed by atoms with Gasteiger partial charge in [-0.25, -0.2) is 4.98 Å². The first kappa shape index (κ1) is 21.1. The number of nitrogens with zero attached hydrogens (tertiary/aromatic N) is 1. The summed E-state index contributed by atoms with van der Waals surface area (Å²) in [5, 5.41) is 3.26. The molecule has 1 aromatic heterocycles. The zero-order valence-corrected chi connectivity index (χ0v) is 20.2. The van der Waals surface area contributed by atoms with Gasteiger partial charge < -0.3 is 14.5 Å². The number of benzene rings is 3. The molecule has 0 unspecified atom stereocenters. The number of carbonyl (C=O) groups is 1. The number of nitrogens with one attached hydrogen (secondary N) is 1. The minimum atomic E-state index is -0.275. The molecule has 0 fully saturated rings. The molecule has 0 aliphatic rings. The molecule has 0 saturated carbocycles. The highest BCUT2D eigenvalue weighted by atomic mass is 127. The summed E-state index contributed by atoms with van der Waals surface area (Å²) < 4.78 is 13.3. The van der Waals surface area contributed by atoms with Gasteiger partial charge in [0.1, 0.15) is 11.3 Å². The molecule has 1 heterocycles. The van der Waals surface area contributed by atoms with Crippen molar-refractivity contribution in [3.63, 3.8) is 0 Å². The van der Waals surface area contributed by atoms with E-state index in [1.165, 1.54) is 0 Å². The molecule has 0 radical (unpaired) electrons. The monoisotopic (exact) mass is 596 g/mol. The normalized spacial score (nSPS) is 10.9. The van der Waals surface area contributed by atoms with Gasteiger partial charge in [0.25, 0.3) is 5.91 Å². The van der Waals surface area contributed by atoms with E-state index < -0.39 is 0 Å². The highest BCUT2D eigenvalue weighted by Gasteiger charge is 2.14. The van der Waals surface area contributed by atoms with Crippen LogP contribution in [-0.2, 0) is 0 Å². The van der Waals surface area contributed by atoms with Gasteiger partial charge in [0.2, 0.25) is 5.89 Å².